The van der Waals surface area contributed by atoms with Crippen molar-refractivity contribution in [3.8, 4) is 0 Å². The van der Waals surface area contributed by atoms with Crippen molar-refractivity contribution in [1.82, 2.24) is 15.0 Å². The Hall–Kier alpha value is -7.87. The molecular formula is C43H34N10O18S6. The fourth-order valence-corrected chi connectivity index (χ4v) is 11.5. The molecule has 0 aliphatic carbocycles. The highest BCUT2D eigenvalue weighted by atomic mass is 32.2. The van der Waals surface area contributed by atoms with Crippen LogP contribution in [0, 0.1) is 13.8 Å². The third-order valence-corrected chi connectivity index (χ3v) is 16.1. The molecule has 400 valence electrons. The van der Waals surface area contributed by atoms with Crippen LogP contribution in [0.5, 0.6) is 0 Å². The molecule has 9 N–H and O–H groups in total. The van der Waals surface area contributed by atoms with Crippen molar-refractivity contribution in [3.63, 3.8) is 0 Å². The second-order valence-corrected chi connectivity index (χ2v) is 24.6. The molecule has 77 heavy (non-hydrogen) atoms. The van der Waals surface area contributed by atoms with E-state index in [4.69, 9.17) is 0 Å². The lowest BCUT2D eigenvalue weighted by Crippen LogP contribution is -2.07. The first kappa shape index (κ1) is 55.4. The molecule has 0 spiro atoms. The van der Waals surface area contributed by atoms with Gasteiger partial charge in [-0.15, -0.1) is 5.11 Å². The first-order valence-corrected chi connectivity index (χ1v) is 29.6. The first-order valence-electron chi connectivity index (χ1n) is 21.0. The summed E-state index contributed by atoms with van der Waals surface area (Å²) in [6, 6.07) is 22.3. The van der Waals surface area contributed by atoms with E-state index in [0.29, 0.717) is 34.6 Å². The summed E-state index contributed by atoms with van der Waals surface area (Å²) in [7, 11) is -30.1. The SMILES string of the molecule is Cc1cc(Nc2nc(Nc3ccc(S(=O)(=O)O)cc3)nc(Nc3ccc(N=Nc4ccc5c(S(=O)(=O)O)cc(S(=O)(=O)O)cc5c4S(=O)(=O)O)c(C)c3)n2)ccc1N=Nc1cc(S(=O)(=O)O)c2cccc(S(=O)(=O)O)c2c1. The van der Waals surface area contributed by atoms with Gasteiger partial charge in [0.2, 0.25) is 17.8 Å². The van der Waals surface area contributed by atoms with E-state index in [2.05, 4.69) is 51.4 Å². The maximum absolute atomic E-state index is 12.7. The number of aryl methyl sites for hydroxylation is 2. The largest absolute Gasteiger partial charge is 0.324 e. The Bertz CT molecular complexity index is 4570. The molecule has 0 amide bonds. The average molecular weight is 1170 g/mol. The highest BCUT2D eigenvalue weighted by Crippen LogP contribution is 2.39. The number of hydrogen-bond donors (Lipinski definition) is 9. The molecule has 0 atom stereocenters. The minimum Gasteiger partial charge on any atom is -0.324 e. The van der Waals surface area contributed by atoms with Crippen LogP contribution in [0.25, 0.3) is 21.5 Å². The van der Waals surface area contributed by atoms with E-state index in [1.807, 2.05) is 0 Å². The molecule has 7 aromatic carbocycles. The molecule has 0 aliphatic rings. The van der Waals surface area contributed by atoms with Crippen LogP contribution in [-0.4, -0.2) is 92.8 Å². The van der Waals surface area contributed by atoms with E-state index >= 15 is 0 Å². The van der Waals surface area contributed by atoms with Gasteiger partial charge in [0.25, 0.3) is 60.7 Å². The Balaban J connectivity index is 1.10. The maximum Gasteiger partial charge on any atom is 0.297 e. The Morgan fingerprint density at radius 2 is 0.805 bits per heavy atom. The topological polar surface area (TPSA) is 450 Å². The molecule has 28 nitrogen and oxygen atoms in total. The lowest BCUT2D eigenvalue weighted by Gasteiger charge is -2.13. The molecule has 1 heterocycles. The van der Waals surface area contributed by atoms with Crippen molar-refractivity contribution < 1.29 is 77.8 Å². The minimum absolute atomic E-state index is 0.0866. The van der Waals surface area contributed by atoms with Crippen molar-refractivity contribution in [1.29, 1.82) is 0 Å². The van der Waals surface area contributed by atoms with Gasteiger partial charge in [-0.05, 0) is 122 Å². The Labute approximate surface area is 436 Å². The number of aromatic nitrogens is 3. The van der Waals surface area contributed by atoms with Crippen LogP contribution in [0.4, 0.5) is 57.7 Å². The summed E-state index contributed by atoms with van der Waals surface area (Å²) in [5.74, 6) is -0.297. The standard InChI is InChI=1S/C43H34N10O18S6/c1-22-16-25(8-13-34(22)51-50-27-18-32-30(38(19-27)75(63,64)65)4-3-5-37(32)74(60,61)62)45-42-47-41(44-24-6-10-28(11-7-24)72(54,55)56)48-43(49-42)46-26-9-14-35(23(2)17-26)52-53-36-15-12-31-33(40(36)77(69,70)71)20-29(73(57,58)59)21-39(31)76(66,67)68/h3-21H,1-2H3,(H,54,55,56)(H,57,58,59)(H,60,61,62)(H,63,64,65)(H,66,67,68)(H,69,70,71)(H3,44,45,46,47,48,49). The molecule has 8 aromatic rings. The Kier molecular flexibility index (Phi) is 14.6. The summed E-state index contributed by atoms with van der Waals surface area (Å²) in [4.78, 5) is 8.17. The first-order chi connectivity index (χ1) is 35.7. The van der Waals surface area contributed by atoms with Crippen molar-refractivity contribution in [2.75, 3.05) is 16.0 Å². The molecule has 0 radical (unpaired) electrons. The summed E-state index contributed by atoms with van der Waals surface area (Å²) in [5, 5.41) is 23.4. The number of benzene rings is 7. The van der Waals surface area contributed by atoms with E-state index in [1.54, 1.807) is 19.9 Å². The van der Waals surface area contributed by atoms with Gasteiger partial charge in [0.1, 0.15) is 25.3 Å². The fraction of sp³-hybridized carbons (Fsp3) is 0.0465. The molecule has 0 unspecified atom stereocenters. The lowest BCUT2D eigenvalue weighted by molar-refractivity contribution is 0.478. The molecule has 0 saturated carbocycles. The van der Waals surface area contributed by atoms with Gasteiger partial charge in [0, 0.05) is 38.6 Å². The zero-order valence-corrected chi connectivity index (χ0v) is 43.5. The van der Waals surface area contributed by atoms with Crippen LogP contribution in [0.15, 0.2) is 165 Å². The quantitative estimate of drug-likeness (QED) is 0.0324. The summed E-state index contributed by atoms with van der Waals surface area (Å²) in [5.41, 5.74) is 1.31. The van der Waals surface area contributed by atoms with E-state index in [0.717, 1.165) is 42.5 Å². The summed E-state index contributed by atoms with van der Waals surface area (Å²) in [6.45, 7) is 3.20. The monoisotopic (exact) mass is 1170 g/mol. The van der Waals surface area contributed by atoms with Crippen molar-refractivity contribution in [2.45, 2.75) is 43.2 Å². The number of hydrogen-bond acceptors (Lipinski definition) is 22. The van der Waals surface area contributed by atoms with Crippen LogP contribution in [0.2, 0.25) is 0 Å². The van der Waals surface area contributed by atoms with Crippen LogP contribution in [-0.2, 0) is 60.7 Å². The van der Waals surface area contributed by atoms with E-state index in [9.17, 15) is 77.8 Å². The van der Waals surface area contributed by atoms with Gasteiger partial charge < -0.3 is 16.0 Å². The zero-order chi connectivity index (χ0) is 56.2. The summed E-state index contributed by atoms with van der Waals surface area (Å²) < 4.78 is 205. The number of fused-ring (bicyclic) bond motifs is 2. The molecule has 0 aliphatic heterocycles. The van der Waals surface area contributed by atoms with Gasteiger partial charge in [-0.2, -0.15) is 80.8 Å². The number of nitrogens with zero attached hydrogens (tertiary/aromatic N) is 7. The number of anilines is 6. The van der Waals surface area contributed by atoms with E-state index < -0.39 is 107 Å². The molecule has 0 bridgehead atoms. The van der Waals surface area contributed by atoms with Gasteiger partial charge in [0.15, 0.2) is 0 Å². The Morgan fingerprint density at radius 3 is 1.29 bits per heavy atom. The van der Waals surface area contributed by atoms with Crippen molar-refractivity contribution in [2.24, 2.45) is 20.5 Å². The Morgan fingerprint density at radius 1 is 0.364 bits per heavy atom. The van der Waals surface area contributed by atoms with Crippen molar-refractivity contribution >= 4 is 140 Å². The number of nitrogens with one attached hydrogen (secondary N) is 3. The van der Waals surface area contributed by atoms with E-state index in [-0.39, 0.29) is 51.4 Å². The van der Waals surface area contributed by atoms with Crippen LogP contribution in [0.3, 0.4) is 0 Å². The van der Waals surface area contributed by atoms with Crippen LogP contribution >= 0.6 is 0 Å². The van der Waals surface area contributed by atoms with E-state index in [1.165, 1.54) is 54.6 Å². The molecule has 34 heteroatoms. The second kappa shape index (κ2) is 20.3. The fourth-order valence-electron chi connectivity index (χ4n) is 7.41. The van der Waals surface area contributed by atoms with Gasteiger partial charge in [0.05, 0.1) is 26.9 Å². The average Bonchev–Trinajstić information content (AvgIpc) is 3.35. The third kappa shape index (κ3) is 12.7. The predicted molar refractivity (Wildman–Crippen MR) is 274 cm³/mol. The van der Waals surface area contributed by atoms with Gasteiger partial charge in [-0.3, -0.25) is 27.3 Å². The maximum atomic E-state index is 12.7. The normalized spacial score (nSPS) is 12.9. The highest BCUT2D eigenvalue weighted by molar-refractivity contribution is 7.87. The molecule has 0 saturated heterocycles. The number of rotatable bonds is 16. The molecule has 0 fully saturated rings. The molecular weight excluding hydrogens is 1140 g/mol. The smallest absolute Gasteiger partial charge is 0.297 e. The highest BCUT2D eigenvalue weighted by Gasteiger charge is 2.28. The number of azo groups is 2. The van der Waals surface area contributed by atoms with Crippen LogP contribution in [0.1, 0.15) is 11.1 Å². The second-order valence-electron chi connectivity index (χ2n) is 16.2. The third-order valence-electron chi connectivity index (χ3n) is 10.8. The van der Waals surface area contributed by atoms with Gasteiger partial charge in [-0.1, -0.05) is 18.2 Å². The van der Waals surface area contributed by atoms with Gasteiger partial charge in [-0.25, -0.2) is 0 Å². The summed E-state index contributed by atoms with van der Waals surface area (Å²) >= 11 is 0. The van der Waals surface area contributed by atoms with Gasteiger partial charge >= 0.3 is 0 Å². The lowest BCUT2D eigenvalue weighted by atomic mass is 10.1. The van der Waals surface area contributed by atoms with Crippen molar-refractivity contribution in [3.05, 3.63) is 126 Å². The van der Waals surface area contributed by atoms with Crippen LogP contribution < -0.4 is 16.0 Å². The molecule has 1 aromatic heterocycles. The molecule has 8 rings (SSSR count). The summed E-state index contributed by atoms with van der Waals surface area (Å²) in [6.07, 6.45) is 0. The minimum atomic E-state index is -5.36. The predicted octanol–water partition coefficient (Wildman–Crippen LogP) is 8.34. The zero-order valence-electron chi connectivity index (χ0n) is 38.6.